The second-order valence-corrected chi connectivity index (χ2v) is 6.06. The number of sulfone groups is 1. The predicted molar refractivity (Wildman–Crippen MR) is 66.4 cm³/mol. The van der Waals surface area contributed by atoms with Crippen molar-refractivity contribution in [3.63, 3.8) is 0 Å². The minimum Gasteiger partial charge on any atom is -0.457 e. The number of aldehydes is 1. The molecule has 4 nitrogen and oxygen atoms in total. The Morgan fingerprint density at radius 2 is 2.00 bits per heavy atom. The van der Waals surface area contributed by atoms with Crippen LogP contribution in [-0.2, 0) is 15.6 Å². The van der Waals surface area contributed by atoms with Gasteiger partial charge in [0.1, 0.15) is 11.5 Å². The smallest absolute Gasteiger partial charge is 0.185 e. The molecule has 0 saturated heterocycles. The second-order valence-electron chi connectivity index (χ2n) is 3.64. The highest BCUT2D eigenvalue weighted by molar-refractivity contribution is 7.90. The van der Waals surface area contributed by atoms with E-state index in [1.165, 1.54) is 24.3 Å². The van der Waals surface area contributed by atoms with E-state index in [0.29, 0.717) is 11.3 Å². The second kappa shape index (κ2) is 4.96. The van der Waals surface area contributed by atoms with Crippen LogP contribution in [0.2, 0.25) is 5.02 Å². The first-order valence-corrected chi connectivity index (χ1v) is 7.06. The summed E-state index contributed by atoms with van der Waals surface area (Å²) in [5.41, 5.74) is 0. The van der Waals surface area contributed by atoms with Crippen LogP contribution in [0.1, 0.15) is 16.3 Å². The zero-order chi connectivity index (χ0) is 13.2. The lowest BCUT2D eigenvalue weighted by atomic mass is 10.4. The predicted octanol–water partition coefficient (Wildman–Crippen LogP) is 2.72. The molecule has 6 heteroatoms. The molecule has 0 radical (unpaired) electrons. The van der Waals surface area contributed by atoms with Gasteiger partial charge in [-0.25, -0.2) is 8.42 Å². The highest BCUT2D eigenvalue weighted by Gasteiger charge is 2.17. The Morgan fingerprint density at radius 3 is 2.61 bits per heavy atom. The van der Waals surface area contributed by atoms with Crippen LogP contribution in [0.25, 0.3) is 0 Å². The van der Waals surface area contributed by atoms with E-state index in [2.05, 4.69) is 0 Å². The van der Waals surface area contributed by atoms with Crippen molar-refractivity contribution >= 4 is 27.7 Å². The van der Waals surface area contributed by atoms with E-state index >= 15 is 0 Å². The molecule has 0 amide bonds. The molecule has 0 aliphatic rings. The van der Waals surface area contributed by atoms with Crippen LogP contribution in [0, 0.1) is 0 Å². The van der Waals surface area contributed by atoms with Crippen molar-refractivity contribution in [2.75, 3.05) is 0 Å². The third-order valence-electron chi connectivity index (χ3n) is 2.29. The zero-order valence-corrected chi connectivity index (χ0v) is 10.7. The molecule has 18 heavy (non-hydrogen) atoms. The fourth-order valence-electron chi connectivity index (χ4n) is 1.47. The van der Waals surface area contributed by atoms with Crippen molar-refractivity contribution in [2.45, 2.75) is 10.6 Å². The first-order chi connectivity index (χ1) is 8.51. The summed E-state index contributed by atoms with van der Waals surface area (Å²) < 4.78 is 29.1. The fourth-order valence-corrected chi connectivity index (χ4v) is 3.01. The van der Waals surface area contributed by atoms with Gasteiger partial charge in [-0.3, -0.25) is 4.79 Å². The highest BCUT2D eigenvalue weighted by Crippen LogP contribution is 2.20. The van der Waals surface area contributed by atoms with Crippen molar-refractivity contribution in [3.05, 3.63) is 52.9 Å². The first-order valence-electron chi connectivity index (χ1n) is 5.03. The number of benzene rings is 1. The lowest BCUT2D eigenvalue weighted by Crippen LogP contribution is -2.04. The van der Waals surface area contributed by atoms with E-state index in [0.717, 1.165) is 0 Å². The largest absolute Gasteiger partial charge is 0.457 e. The van der Waals surface area contributed by atoms with E-state index in [4.69, 9.17) is 16.0 Å². The van der Waals surface area contributed by atoms with Crippen LogP contribution in [-0.4, -0.2) is 14.7 Å². The minimum absolute atomic E-state index is 0.103. The van der Waals surface area contributed by atoms with Crippen LogP contribution in [0.5, 0.6) is 0 Å². The van der Waals surface area contributed by atoms with Crippen molar-refractivity contribution < 1.29 is 17.6 Å². The van der Waals surface area contributed by atoms with Crippen LogP contribution in [0.4, 0.5) is 0 Å². The molecule has 0 fully saturated rings. The molecule has 0 aliphatic heterocycles. The zero-order valence-electron chi connectivity index (χ0n) is 9.17. The van der Waals surface area contributed by atoms with Gasteiger partial charge in [0.05, 0.1) is 4.90 Å². The van der Waals surface area contributed by atoms with Crippen molar-refractivity contribution in [1.29, 1.82) is 0 Å². The summed E-state index contributed by atoms with van der Waals surface area (Å²) in [4.78, 5) is 10.6. The summed E-state index contributed by atoms with van der Waals surface area (Å²) in [5, 5.41) is 0.351. The maximum absolute atomic E-state index is 12.0. The average molecular weight is 285 g/mol. The maximum Gasteiger partial charge on any atom is 0.185 e. The molecule has 0 N–H and O–H groups in total. The van der Waals surface area contributed by atoms with Crippen LogP contribution in [0.3, 0.4) is 0 Å². The van der Waals surface area contributed by atoms with Crippen molar-refractivity contribution in [2.24, 2.45) is 0 Å². The van der Waals surface area contributed by atoms with Gasteiger partial charge in [0.2, 0.25) is 0 Å². The third-order valence-corrected chi connectivity index (χ3v) is 4.16. The van der Waals surface area contributed by atoms with Gasteiger partial charge in [-0.05, 0) is 30.3 Å². The summed E-state index contributed by atoms with van der Waals surface area (Å²) in [5.74, 6) is 0.0182. The Balaban J connectivity index is 2.29. The standard InChI is InChI=1S/C12H9ClO4S/c13-9-2-1-3-12(6-9)18(15,16)8-11-5-4-10(7-14)17-11/h1-7H,8H2. The van der Waals surface area contributed by atoms with Gasteiger partial charge in [-0.1, -0.05) is 17.7 Å². The molecule has 0 atom stereocenters. The highest BCUT2D eigenvalue weighted by atomic mass is 35.5. The molecule has 0 spiro atoms. The van der Waals surface area contributed by atoms with Gasteiger partial charge in [0, 0.05) is 5.02 Å². The van der Waals surface area contributed by atoms with Gasteiger partial charge in [0.25, 0.3) is 0 Å². The lowest BCUT2D eigenvalue weighted by Gasteiger charge is -2.02. The van der Waals surface area contributed by atoms with Crippen LogP contribution < -0.4 is 0 Å². The molecule has 1 aromatic carbocycles. The number of rotatable bonds is 4. The van der Waals surface area contributed by atoms with Crippen LogP contribution in [0.15, 0.2) is 45.7 Å². The van der Waals surface area contributed by atoms with Crippen molar-refractivity contribution in [3.8, 4) is 0 Å². The van der Waals surface area contributed by atoms with Gasteiger partial charge in [-0.2, -0.15) is 0 Å². The SMILES string of the molecule is O=Cc1ccc(CS(=O)(=O)c2cccc(Cl)c2)o1. The Labute approximate surface area is 109 Å². The lowest BCUT2D eigenvalue weighted by molar-refractivity contribution is 0.109. The third kappa shape index (κ3) is 2.80. The molecule has 2 rings (SSSR count). The van der Waals surface area contributed by atoms with Crippen LogP contribution >= 0.6 is 11.6 Å². The van der Waals surface area contributed by atoms with E-state index in [-0.39, 0.29) is 22.2 Å². The summed E-state index contributed by atoms with van der Waals surface area (Å²) in [6.07, 6.45) is 0.523. The molecule has 1 heterocycles. The molecule has 0 bridgehead atoms. The number of hydrogen-bond acceptors (Lipinski definition) is 4. The van der Waals surface area contributed by atoms with Gasteiger partial charge in [0.15, 0.2) is 21.9 Å². The maximum atomic E-state index is 12.0. The molecule has 94 valence electrons. The quantitative estimate of drug-likeness (QED) is 0.810. The molecule has 1 aromatic heterocycles. The Hall–Kier alpha value is -1.59. The van der Waals surface area contributed by atoms with E-state index in [1.807, 2.05) is 0 Å². The molecule has 0 aliphatic carbocycles. The minimum atomic E-state index is -3.52. The summed E-state index contributed by atoms with van der Waals surface area (Å²) >= 11 is 5.75. The summed E-state index contributed by atoms with van der Waals surface area (Å²) in [6, 6.07) is 8.89. The molecule has 0 saturated carbocycles. The molecule has 0 unspecified atom stereocenters. The Morgan fingerprint density at radius 1 is 1.22 bits per heavy atom. The monoisotopic (exact) mass is 284 g/mol. The van der Waals surface area contributed by atoms with Gasteiger partial charge < -0.3 is 4.42 Å². The first kappa shape index (κ1) is 12.9. The molecular formula is C12H9ClO4S. The van der Waals surface area contributed by atoms with E-state index in [9.17, 15) is 13.2 Å². The number of carbonyl (C=O) groups is 1. The van der Waals surface area contributed by atoms with E-state index in [1.54, 1.807) is 12.1 Å². The van der Waals surface area contributed by atoms with E-state index < -0.39 is 9.84 Å². The van der Waals surface area contributed by atoms with Crippen molar-refractivity contribution in [1.82, 2.24) is 0 Å². The summed E-state index contributed by atoms with van der Waals surface area (Å²) in [6.45, 7) is 0. The summed E-state index contributed by atoms with van der Waals surface area (Å²) in [7, 11) is -3.52. The Bertz CT molecular complexity index is 673. The molecular weight excluding hydrogens is 276 g/mol. The average Bonchev–Trinajstić information content (AvgIpc) is 2.76. The fraction of sp³-hybridized carbons (Fsp3) is 0.0833. The number of hydrogen-bond donors (Lipinski definition) is 0. The number of carbonyl (C=O) groups excluding carboxylic acids is 1. The van der Waals surface area contributed by atoms with Gasteiger partial charge >= 0.3 is 0 Å². The Kier molecular flexibility index (Phi) is 3.54. The van der Waals surface area contributed by atoms with Gasteiger partial charge in [-0.15, -0.1) is 0 Å². The number of furan rings is 1. The topological polar surface area (TPSA) is 64.3 Å². The normalized spacial score (nSPS) is 11.4. The number of halogens is 1. The molecule has 2 aromatic rings.